The van der Waals surface area contributed by atoms with E-state index >= 15 is 0 Å². The first-order valence-electron chi connectivity index (χ1n) is 8.55. The van der Waals surface area contributed by atoms with Crippen LogP contribution in [0.2, 0.25) is 0 Å². The molecule has 2 rings (SSSR count). The summed E-state index contributed by atoms with van der Waals surface area (Å²) in [6, 6.07) is 19.1. The fraction of sp³-hybridized carbons (Fsp3) is 0.381. The zero-order chi connectivity index (χ0) is 15.5. The third-order valence-corrected chi connectivity index (χ3v) is 3.90. The van der Waals surface area contributed by atoms with Crippen molar-refractivity contribution in [1.82, 2.24) is 0 Å². The predicted molar refractivity (Wildman–Crippen MR) is 97.7 cm³/mol. The van der Waals surface area contributed by atoms with Crippen LogP contribution in [0.25, 0.3) is 11.1 Å². The van der Waals surface area contributed by atoms with Crippen LogP contribution < -0.4 is 0 Å². The van der Waals surface area contributed by atoms with Crippen molar-refractivity contribution in [2.45, 2.75) is 45.4 Å². The maximum atomic E-state index is 4.54. The SMILES string of the molecule is CCCCCCCCN=Cc1ccc(-c2ccccc2)cc1. The summed E-state index contributed by atoms with van der Waals surface area (Å²) >= 11 is 0. The Bertz CT molecular complexity index is 540. The quantitative estimate of drug-likeness (QED) is 0.389. The number of hydrogen-bond acceptors (Lipinski definition) is 1. The first kappa shape index (κ1) is 16.5. The van der Waals surface area contributed by atoms with Crippen LogP contribution in [0.4, 0.5) is 0 Å². The highest BCUT2D eigenvalue weighted by Gasteiger charge is 1.95. The second-order valence-corrected chi connectivity index (χ2v) is 5.79. The van der Waals surface area contributed by atoms with E-state index in [2.05, 4.69) is 60.4 Å². The Labute approximate surface area is 135 Å². The minimum atomic E-state index is 0.951. The number of benzene rings is 2. The van der Waals surface area contributed by atoms with E-state index in [9.17, 15) is 0 Å². The molecule has 0 amide bonds. The molecule has 0 aromatic heterocycles. The molecule has 2 aromatic carbocycles. The van der Waals surface area contributed by atoms with Crippen molar-refractivity contribution in [3.63, 3.8) is 0 Å². The number of unbranched alkanes of at least 4 members (excludes halogenated alkanes) is 5. The van der Waals surface area contributed by atoms with Crippen LogP contribution in [0.1, 0.15) is 51.0 Å². The molecule has 0 spiro atoms. The van der Waals surface area contributed by atoms with Crippen molar-refractivity contribution in [3.8, 4) is 11.1 Å². The molecule has 0 saturated carbocycles. The van der Waals surface area contributed by atoms with Crippen LogP contribution in [-0.2, 0) is 0 Å². The van der Waals surface area contributed by atoms with E-state index in [1.807, 2.05) is 12.3 Å². The molecule has 2 aromatic rings. The van der Waals surface area contributed by atoms with Crippen molar-refractivity contribution in [3.05, 3.63) is 60.2 Å². The fourth-order valence-corrected chi connectivity index (χ4v) is 2.55. The Morgan fingerprint density at radius 1 is 0.727 bits per heavy atom. The lowest BCUT2D eigenvalue weighted by atomic mass is 10.0. The van der Waals surface area contributed by atoms with Gasteiger partial charge in [0, 0.05) is 12.8 Å². The van der Waals surface area contributed by atoms with Crippen molar-refractivity contribution in [1.29, 1.82) is 0 Å². The van der Waals surface area contributed by atoms with Gasteiger partial charge in [-0.3, -0.25) is 4.99 Å². The minimum Gasteiger partial charge on any atom is -0.293 e. The standard InChI is InChI=1S/C21H27N/c1-2-3-4-5-6-10-17-22-18-19-13-15-21(16-14-19)20-11-8-7-9-12-20/h7-9,11-16,18H,2-6,10,17H2,1H3. The van der Waals surface area contributed by atoms with Crippen molar-refractivity contribution in [2.24, 2.45) is 4.99 Å². The highest BCUT2D eigenvalue weighted by atomic mass is 14.7. The molecule has 0 aliphatic carbocycles. The van der Waals surface area contributed by atoms with Gasteiger partial charge in [0.05, 0.1) is 0 Å². The topological polar surface area (TPSA) is 12.4 Å². The lowest BCUT2D eigenvalue weighted by Gasteiger charge is -2.01. The molecule has 0 saturated heterocycles. The summed E-state index contributed by atoms with van der Waals surface area (Å²) in [6.07, 6.45) is 9.94. The molecule has 0 heterocycles. The van der Waals surface area contributed by atoms with Gasteiger partial charge in [0.1, 0.15) is 0 Å². The van der Waals surface area contributed by atoms with Crippen LogP contribution in [0.15, 0.2) is 59.6 Å². The van der Waals surface area contributed by atoms with E-state index < -0.39 is 0 Å². The largest absolute Gasteiger partial charge is 0.293 e. The van der Waals surface area contributed by atoms with E-state index in [1.165, 1.54) is 55.2 Å². The van der Waals surface area contributed by atoms with Crippen LogP contribution in [0, 0.1) is 0 Å². The second-order valence-electron chi connectivity index (χ2n) is 5.79. The number of rotatable bonds is 9. The van der Waals surface area contributed by atoms with E-state index in [4.69, 9.17) is 0 Å². The number of aliphatic imine (C=N–C) groups is 1. The van der Waals surface area contributed by atoms with Gasteiger partial charge in [-0.15, -0.1) is 0 Å². The molecule has 1 nitrogen and oxygen atoms in total. The molecule has 1 heteroatoms. The normalized spacial score (nSPS) is 11.1. The first-order chi connectivity index (χ1) is 10.9. The van der Waals surface area contributed by atoms with Gasteiger partial charge in [-0.2, -0.15) is 0 Å². The summed E-state index contributed by atoms with van der Waals surface area (Å²) in [4.78, 5) is 4.54. The summed E-state index contributed by atoms with van der Waals surface area (Å²) in [6.45, 7) is 3.21. The Balaban J connectivity index is 1.73. The van der Waals surface area contributed by atoms with Crippen LogP contribution in [-0.4, -0.2) is 12.8 Å². The summed E-state index contributed by atoms with van der Waals surface area (Å²) < 4.78 is 0. The van der Waals surface area contributed by atoms with Crippen molar-refractivity contribution >= 4 is 6.21 Å². The molecule has 0 N–H and O–H groups in total. The first-order valence-corrected chi connectivity index (χ1v) is 8.55. The third-order valence-electron chi connectivity index (χ3n) is 3.90. The Kier molecular flexibility index (Phi) is 7.45. The smallest absolute Gasteiger partial charge is 0.0389 e. The molecule has 0 bridgehead atoms. The van der Waals surface area contributed by atoms with E-state index in [0.717, 1.165) is 6.54 Å². The summed E-state index contributed by atoms with van der Waals surface area (Å²) in [5, 5.41) is 0. The summed E-state index contributed by atoms with van der Waals surface area (Å²) in [5.74, 6) is 0. The zero-order valence-corrected chi connectivity index (χ0v) is 13.7. The van der Waals surface area contributed by atoms with Gasteiger partial charge in [-0.1, -0.05) is 93.6 Å². The number of nitrogens with zero attached hydrogens (tertiary/aromatic N) is 1. The van der Waals surface area contributed by atoms with Gasteiger partial charge < -0.3 is 0 Å². The molecule has 0 aliphatic heterocycles. The monoisotopic (exact) mass is 293 g/mol. The van der Waals surface area contributed by atoms with Crippen molar-refractivity contribution < 1.29 is 0 Å². The van der Waals surface area contributed by atoms with Gasteiger partial charge in [-0.05, 0) is 23.1 Å². The van der Waals surface area contributed by atoms with Gasteiger partial charge in [0.2, 0.25) is 0 Å². The molecule has 116 valence electrons. The average Bonchev–Trinajstić information content (AvgIpc) is 2.59. The maximum Gasteiger partial charge on any atom is 0.0389 e. The van der Waals surface area contributed by atoms with E-state index in [0.29, 0.717) is 0 Å². The van der Waals surface area contributed by atoms with Gasteiger partial charge in [0.25, 0.3) is 0 Å². The highest BCUT2D eigenvalue weighted by Crippen LogP contribution is 2.18. The average molecular weight is 293 g/mol. The van der Waals surface area contributed by atoms with E-state index in [-0.39, 0.29) is 0 Å². The van der Waals surface area contributed by atoms with E-state index in [1.54, 1.807) is 0 Å². The molecule has 0 atom stereocenters. The summed E-state index contributed by atoms with van der Waals surface area (Å²) in [7, 11) is 0. The molecule has 22 heavy (non-hydrogen) atoms. The minimum absolute atomic E-state index is 0.951. The van der Waals surface area contributed by atoms with Crippen LogP contribution in [0.3, 0.4) is 0 Å². The molecule has 0 unspecified atom stereocenters. The lowest BCUT2D eigenvalue weighted by Crippen LogP contribution is -1.86. The Hall–Kier alpha value is -1.89. The third kappa shape index (κ3) is 5.85. The van der Waals surface area contributed by atoms with Gasteiger partial charge >= 0.3 is 0 Å². The maximum absolute atomic E-state index is 4.54. The summed E-state index contributed by atoms with van der Waals surface area (Å²) in [5.41, 5.74) is 3.71. The van der Waals surface area contributed by atoms with Crippen molar-refractivity contribution in [2.75, 3.05) is 6.54 Å². The Morgan fingerprint density at radius 3 is 2.09 bits per heavy atom. The number of hydrogen-bond donors (Lipinski definition) is 0. The molecular formula is C21H27N. The predicted octanol–water partition coefficient (Wildman–Crippen LogP) is 6.13. The van der Waals surface area contributed by atoms with Gasteiger partial charge in [0.15, 0.2) is 0 Å². The molecule has 0 radical (unpaired) electrons. The van der Waals surface area contributed by atoms with Crippen LogP contribution >= 0.6 is 0 Å². The molecule has 0 fully saturated rings. The second kappa shape index (κ2) is 9.94. The fourth-order valence-electron chi connectivity index (χ4n) is 2.55. The molecular weight excluding hydrogens is 266 g/mol. The lowest BCUT2D eigenvalue weighted by molar-refractivity contribution is 0.612. The molecule has 0 aliphatic rings. The highest BCUT2D eigenvalue weighted by molar-refractivity contribution is 5.81. The zero-order valence-electron chi connectivity index (χ0n) is 13.7. The van der Waals surface area contributed by atoms with Crippen LogP contribution in [0.5, 0.6) is 0 Å². The van der Waals surface area contributed by atoms with Gasteiger partial charge in [-0.25, -0.2) is 0 Å². The Morgan fingerprint density at radius 2 is 1.36 bits per heavy atom.